The molecule has 1 aliphatic rings. The third-order valence-corrected chi connectivity index (χ3v) is 3.49. The highest BCUT2D eigenvalue weighted by molar-refractivity contribution is 5.86. The Morgan fingerprint density at radius 1 is 1.35 bits per heavy atom. The van der Waals surface area contributed by atoms with Crippen LogP contribution in [0.15, 0.2) is 24.3 Å². The number of ketones is 1. The molecule has 124 valence electrons. The second-order valence-corrected chi connectivity index (χ2v) is 6.65. The Morgan fingerprint density at radius 2 is 2.00 bits per heavy atom. The molecule has 0 bridgehead atoms. The molecule has 1 saturated heterocycles. The van der Waals surface area contributed by atoms with Crippen LogP contribution in [0, 0.1) is 16.0 Å². The summed E-state index contributed by atoms with van der Waals surface area (Å²) in [6.07, 6.45) is -0.286. The van der Waals surface area contributed by atoms with Crippen LogP contribution in [0.2, 0.25) is 0 Å². The van der Waals surface area contributed by atoms with Crippen LogP contribution in [0.4, 0.5) is 10.5 Å². The number of Topliss-reactive ketones (excluding diaryl/α,β-unsaturated/α-hetero) is 1. The maximum Gasteiger partial charge on any atom is 0.410 e. The van der Waals surface area contributed by atoms with Crippen LogP contribution in [0.25, 0.3) is 0 Å². The van der Waals surface area contributed by atoms with Gasteiger partial charge in [-0.25, -0.2) is 4.79 Å². The van der Waals surface area contributed by atoms with Gasteiger partial charge in [-0.05, 0) is 26.3 Å². The predicted molar refractivity (Wildman–Crippen MR) is 83.1 cm³/mol. The minimum atomic E-state index is -0.560. The number of amides is 1. The van der Waals surface area contributed by atoms with E-state index in [-0.39, 0.29) is 23.8 Å². The van der Waals surface area contributed by atoms with E-state index in [4.69, 9.17) is 4.74 Å². The maximum atomic E-state index is 12.2. The van der Waals surface area contributed by atoms with Crippen LogP contribution >= 0.6 is 0 Å². The molecule has 0 unspecified atom stereocenters. The first-order valence-corrected chi connectivity index (χ1v) is 7.39. The van der Waals surface area contributed by atoms with Gasteiger partial charge >= 0.3 is 6.09 Å². The monoisotopic (exact) mass is 320 g/mol. The summed E-state index contributed by atoms with van der Waals surface area (Å²) in [6.45, 7) is 6.03. The highest BCUT2D eigenvalue weighted by Gasteiger charge is 2.37. The molecule has 0 radical (unpaired) electrons. The van der Waals surface area contributed by atoms with Crippen molar-refractivity contribution >= 4 is 17.6 Å². The Labute approximate surface area is 134 Å². The lowest BCUT2D eigenvalue weighted by Gasteiger charge is -2.38. The second kappa shape index (κ2) is 6.36. The van der Waals surface area contributed by atoms with Gasteiger partial charge in [0.25, 0.3) is 5.69 Å². The summed E-state index contributed by atoms with van der Waals surface area (Å²) in [5.41, 5.74) is 0.0222. The smallest absolute Gasteiger partial charge is 0.410 e. The van der Waals surface area contributed by atoms with Gasteiger partial charge in [-0.2, -0.15) is 0 Å². The van der Waals surface area contributed by atoms with Crippen LogP contribution in [0.1, 0.15) is 26.3 Å². The molecule has 0 aromatic heterocycles. The van der Waals surface area contributed by atoms with Crippen LogP contribution in [0.3, 0.4) is 0 Å². The molecule has 1 heterocycles. The highest BCUT2D eigenvalue weighted by Crippen LogP contribution is 2.22. The Bertz CT molecular complexity index is 630. The number of carbonyl (C=O) groups is 2. The third-order valence-electron chi connectivity index (χ3n) is 3.49. The summed E-state index contributed by atoms with van der Waals surface area (Å²) >= 11 is 0. The second-order valence-electron chi connectivity index (χ2n) is 6.65. The van der Waals surface area contributed by atoms with E-state index in [2.05, 4.69) is 0 Å². The molecule has 1 fully saturated rings. The summed E-state index contributed by atoms with van der Waals surface area (Å²) in [4.78, 5) is 35.7. The van der Waals surface area contributed by atoms with Crippen molar-refractivity contribution in [2.45, 2.75) is 32.8 Å². The van der Waals surface area contributed by atoms with E-state index in [1.807, 2.05) is 0 Å². The SMILES string of the molecule is CC(C)(C)OC(=O)N1CC(C(=O)Cc2cccc([N+](=O)[O-])c2)C1. The molecule has 0 N–H and O–H groups in total. The molecule has 1 aromatic rings. The molecular weight excluding hydrogens is 300 g/mol. The highest BCUT2D eigenvalue weighted by atomic mass is 16.6. The van der Waals surface area contributed by atoms with Gasteiger partial charge in [-0.15, -0.1) is 0 Å². The zero-order chi connectivity index (χ0) is 17.2. The Balaban J connectivity index is 1.86. The summed E-state index contributed by atoms with van der Waals surface area (Å²) in [5.74, 6) is -0.257. The van der Waals surface area contributed by atoms with Gasteiger partial charge in [0.05, 0.1) is 10.8 Å². The van der Waals surface area contributed by atoms with Crippen LogP contribution in [-0.2, 0) is 16.0 Å². The van der Waals surface area contributed by atoms with E-state index in [1.165, 1.54) is 17.0 Å². The number of carbonyl (C=O) groups excluding carboxylic acids is 2. The molecule has 1 amide bonds. The Morgan fingerprint density at radius 3 is 2.57 bits per heavy atom. The van der Waals surface area contributed by atoms with E-state index in [0.29, 0.717) is 18.7 Å². The van der Waals surface area contributed by atoms with Crippen molar-refractivity contribution in [1.29, 1.82) is 0 Å². The predicted octanol–water partition coefficient (Wildman–Crippen LogP) is 2.57. The van der Waals surface area contributed by atoms with Gasteiger partial charge in [0.1, 0.15) is 11.4 Å². The lowest BCUT2D eigenvalue weighted by molar-refractivity contribution is -0.384. The fraction of sp³-hybridized carbons (Fsp3) is 0.500. The van der Waals surface area contributed by atoms with E-state index >= 15 is 0 Å². The largest absolute Gasteiger partial charge is 0.444 e. The number of benzene rings is 1. The summed E-state index contributed by atoms with van der Waals surface area (Å²) in [5, 5.41) is 10.7. The van der Waals surface area contributed by atoms with Gasteiger partial charge < -0.3 is 9.64 Å². The maximum absolute atomic E-state index is 12.2. The zero-order valence-electron chi connectivity index (χ0n) is 13.4. The first-order chi connectivity index (χ1) is 10.7. The number of hydrogen-bond donors (Lipinski definition) is 0. The molecule has 1 aromatic carbocycles. The van der Waals surface area contributed by atoms with Crippen LogP contribution < -0.4 is 0 Å². The van der Waals surface area contributed by atoms with Gasteiger partial charge in [0.2, 0.25) is 0 Å². The number of non-ortho nitro benzene ring substituents is 1. The molecule has 0 saturated carbocycles. The van der Waals surface area contributed by atoms with Crippen molar-refractivity contribution in [3.8, 4) is 0 Å². The number of nitro benzene ring substituents is 1. The lowest BCUT2D eigenvalue weighted by Crippen LogP contribution is -2.54. The van der Waals surface area contributed by atoms with E-state index in [0.717, 1.165) is 0 Å². The number of ether oxygens (including phenoxy) is 1. The van der Waals surface area contributed by atoms with Crippen molar-refractivity contribution in [2.75, 3.05) is 13.1 Å². The Hall–Kier alpha value is -2.44. The van der Waals surface area contributed by atoms with Gasteiger partial charge in [0.15, 0.2) is 0 Å². The van der Waals surface area contributed by atoms with E-state index < -0.39 is 16.6 Å². The van der Waals surface area contributed by atoms with E-state index in [1.54, 1.807) is 32.9 Å². The minimum absolute atomic E-state index is 0.0229. The normalized spacial score (nSPS) is 15.0. The van der Waals surface area contributed by atoms with Crippen molar-refractivity contribution in [3.63, 3.8) is 0 Å². The average molecular weight is 320 g/mol. The Kier molecular flexibility index (Phi) is 4.68. The van der Waals surface area contributed by atoms with Crippen LogP contribution in [0.5, 0.6) is 0 Å². The first-order valence-electron chi connectivity index (χ1n) is 7.39. The molecule has 0 aliphatic carbocycles. The fourth-order valence-electron chi connectivity index (χ4n) is 2.28. The van der Waals surface area contributed by atoms with E-state index in [9.17, 15) is 19.7 Å². The third kappa shape index (κ3) is 4.51. The molecule has 1 aliphatic heterocycles. The first kappa shape index (κ1) is 16.9. The van der Waals surface area contributed by atoms with Gasteiger partial charge in [-0.1, -0.05) is 12.1 Å². The fourth-order valence-corrected chi connectivity index (χ4v) is 2.28. The molecule has 2 rings (SSSR count). The van der Waals surface area contributed by atoms with Crippen molar-refractivity contribution in [1.82, 2.24) is 4.90 Å². The number of hydrogen-bond acceptors (Lipinski definition) is 5. The van der Waals surface area contributed by atoms with Crippen molar-refractivity contribution in [3.05, 3.63) is 39.9 Å². The molecule has 7 nitrogen and oxygen atoms in total. The molecule has 0 spiro atoms. The summed E-state index contributed by atoms with van der Waals surface area (Å²) < 4.78 is 5.23. The molecule has 0 atom stereocenters. The quantitative estimate of drug-likeness (QED) is 0.628. The number of rotatable bonds is 4. The van der Waals surface area contributed by atoms with Crippen molar-refractivity contribution < 1.29 is 19.2 Å². The number of nitro groups is 1. The van der Waals surface area contributed by atoms with Gasteiger partial charge in [-0.3, -0.25) is 14.9 Å². The summed E-state index contributed by atoms with van der Waals surface area (Å²) in [7, 11) is 0. The standard InChI is InChI=1S/C16H20N2O5/c1-16(2,3)23-15(20)17-9-12(10-17)14(19)8-11-5-4-6-13(7-11)18(21)22/h4-7,12H,8-10H2,1-3H3. The summed E-state index contributed by atoms with van der Waals surface area (Å²) in [6, 6.07) is 6.05. The van der Waals surface area contributed by atoms with Crippen LogP contribution in [-0.4, -0.2) is 40.4 Å². The molecular formula is C16H20N2O5. The van der Waals surface area contributed by atoms with Crippen molar-refractivity contribution in [2.24, 2.45) is 5.92 Å². The number of nitrogens with zero attached hydrogens (tertiary/aromatic N) is 2. The van der Waals surface area contributed by atoms with Gasteiger partial charge in [0, 0.05) is 31.6 Å². The molecule has 23 heavy (non-hydrogen) atoms. The lowest BCUT2D eigenvalue weighted by atomic mass is 9.91. The zero-order valence-corrected chi connectivity index (χ0v) is 13.4. The molecule has 7 heteroatoms. The topological polar surface area (TPSA) is 89.8 Å². The number of likely N-dealkylation sites (tertiary alicyclic amines) is 1. The minimum Gasteiger partial charge on any atom is -0.444 e. The average Bonchev–Trinajstić information content (AvgIpc) is 2.34.